The van der Waals surface area contributed by atoms with Crippen molar-refractivity contribution in [1.82, 2.24) is 4.57 Å². The Morgan fingerprint density at radius 3 is 1.72 bits per heavy atom. The maximum atomic E-state index is 5.98. The number of nitrogens with zero attached hydrogens (tertiary/aromatic N) is 1. The highest BCUT2D eigenvalue weighted by Crippen LogP contribution is 2.39. The Morgan fingerprint density at radius 2 is 1.25 bits per heavy atom. The molecule has 3 heteroatoms. The van der Waals surface area contributed by atoms with Gasteiger partial charge in [0.05, 0.1) is 16.7 Å². The Bertz CT molecular complexity index is 1210. The summed E-state index contributed by atoms with van der Waals surface area (Å²) in [5, 5.41) is 2.55. The molecule has 0 aliphatic carbocycles. The van der Waals surface area contributed by atoms with Crippen molar-refractivity contribution in [3.63, 3.8) is 0 Å². The molecular formula is C29H35NO2. The van der Waals surface area contributed by atoms with E-state index in [1.54, 1.807) is 7.11 Å². The van der Waals surface area contributed by atoms with Gasteiger partial charge in [-0.15, -0.1) is 0 Å². The van der Waals surface area contributed by atoms with E-state index >= 15 is 0 Å². The minimum absolute atomic E-state index is 0.0837. The van der Waals surface area contributed by atoms with Crippen LogP contribution in [-0.2, 0) is 15.6 Å². The van der Waals surface area contributed by atoms with Gasteiger partial charge >= 0.3 is 0 Å². The standard InChI is InChI=1S/C29H35NO2/c1-19-9-14-27(32-18-31-8)26(15-19)30-24-12-10-20(28(2,3)4)16-22(24)23-17-21(29(5,6)7)11-13-25(23)30/h9-17H,18H2,1-8H3. The van der Waals surface area contributed by atoms with Gasteiger partial charge in [-0.3, -0.25) is 0 Å². The summed E-state index contributed by atoms with van der Waals surface area (Å²) in [6.45, 7) is 15.9. The molecule has 0 amide bonds. The third-order valence-electron chi connectivity index (χ3n) is 6.18. The molecule has 0 bridgehead atoms. The fourth-order valence-electron chi connectivity index (χ4n) is 4.26. The molecule has 0 saturated heterocycles. The van der Waals surface area contributed by atoms with Gasteiger partial charge in [0.15, 0.2) is 6.79 Å². The summed E-state index contributed by atoms with van der Waals surface area (Å²) in [6, 6.07) is 20.1. The quantitative estimate of drug-likeness (QED) is 0.311. The summed E-state index contributed by atoms with van der Waals surface area (Å²) in [4.78, 5) is 0. The first-order chi connectivity index (χ1) is 15.0. The van der Waals surface area contributed by atoms with Crippen molar-refractivity contribution >= 4 is 21.8 Å². The van der Waals surface area contributed by atoms with E-state index in [1.807, 2.05) is 6.07 Å². The molecule has 4 rings (SSSR count). The summed E-state index contributed by atoms with van der Waals surface area (Å²) < 4.78 is 13.5. The van der Waals surface area contributed by atoms with Crippen molar-refractivity contribution in [2.45, 2.75) is 59.3 Å². The highest BCUT2D eigenvalue weighted by atomic mass is 16.7. The van der Waals surface area contributed by atoms with E-state index in [9.17, 15) is 0 Å². The number of ether oxygens (including phenoxy) is 2. The molecule has 0 N–H and O–H groups in total. The SMILES string of the molecule is COCOc1ccc(C)cc1-n1c2ccc(C(C)(C)C)cc2c2cc(C(C)(C)C)ccc21. The van der Waals surface area contributed by atoms with Crippen molar-refractivity contribution in [2.75, 3.05) is 13.9 Å². The number of aromatic nitrogens is 1. The first-order valence-corrected chi connectivity index (χ1v) is 11.3. The van der Waals surface area contributed by atoms with E-state index in [-0.39, 0.29) is 17.6 Å². The number of fused-ring (bicyclic) bond motifs is 3. The molecule has 168 valence electrons. The summed E-state index contributed by atoms with van der Waals surface area (Å²) >= 11 is 0. The zero-order valence-corrected chi connectivity index (χ0v) is 20.7. The van der Waals surface area contributed by atoms with Gasteiger partial charge < -0.3 is 14.0 Å². The normalized spacial score (nSPS) is 12.6. The predicted molar refractivity (Wildman–Crippen MR) is 135 cm³/mol. The van der Waals surface area contributed by atoms with Gasteiger partial charge in [0.1, 0.15) is 5.75 Å². The molecule has 32 heavy (non-hydrogen) atoms. The number of hydrogen-bond donors (Lipinski definition) is 0. The Morgan fingerprint density at radius 1 is 0.719 bits per heavy atom. The summed E-state index contributed by atoms with van der Waals surface area (Å²) in [5.41, 5.74) is 7.45. The minimum atomic E-state index is 0.0837. The lowest BCUT2D eigenvalue weighted by Gasteiger charge is -2.19. The van der Waals surface area contributed by atoms with Crippen LogP contribution in [0.15, 0.2) is 54.6 Å². The largest absolute Gasteiger partial charge is 0.465 e. The lowest BCUT2D eigenvalue weighted by molar-refractivity contribution is 0.0511. The van der Waals surface area contributed by atoms with Crippen LogP contribution in [0.5, 0.6) is 5.75 Å². The fraction of sp³-hybridized carbons (Fsp3) is 0.379. The molecule has 4 aromatic rings. The number of aryl methyl sites for hydroxylation is 1. The van der Waals surface area contributed by atoms with Crippen molar-refractivity contribution < 1.29 is 9.47 Å². The molecule has 0 spiro atoms. The van der Waals surface area contributed by atoms with E-state index in [2.05, 4.69) is 102 Å². The first kappa shape index (κ1) is 22.4. The van der Waals surface area contributed by atoms with E-state index < -0.39 is 0 Å². The Labute approximate surface area is 192 Å². The predicted octanol–water partition coefficient (Wildman–Crippen LogP) is 7.67. The van der Waals surface area contributed by atoms with Crippen LogP contribution in [0.25, 0.3) is 27.5 Å². The van der Waals surface area contributed by atoms with Gasteiger partial charge in [-0.05, 0) is 70.8 Å². The zero-order chi connectivity index (χ0) is 23.3. The lowest BCUT2D eigenvalue weighted by Crippen LogP contribution is -2.10. The van der Waals surface area contributed by atoms with Gasteiger partial charge in [-0.1, -0.05) is 59.7 Å². The van der Waals surface area contributed by atoms with Crippen molar-refractivity contribution in [2.24, 2.45) is 0 Å². The number of hydrogen-bond acceptors (Lipinski definition) is 2. The van der Waals surface area contributed by atoms with E-state index in [4.69, 9.17) is 9.47 Å². The monoisotopic (exact) mass is 429 g/mol. The highest BCUT2D eigenvalue weighted by molar-refractivity contribution is 6.10. The van der Waals surface area contributed by atoms with Crippen molar-refractivity contribution in [3.8, 4) is 11.4 Å². The van der Waals surface area contributed by atoms with Gasteiger partial charge in [0.2, 0.25) is 0 Å². The molecule has 3 aromatic carbocycles. The fourth-order valence-corrected chi connectivity index (χ4v) is 4.26. The molecule has 0 aliphatic rings. The van der Waals surface area contributed by atoms with E-state index in [1.165, 1.54) is 38.5 Å². The third kappa shape index (κ3) is 4.02. The third-order valence-corrected chi connectivity index (χ3v) is 6.18. The average molecular weight is 430 g/mol. The number of rotatable bonds is 4. The van der Waals surface area contributed by atoms with Crippen LogP contribution >= 0.6 is 0 Å². The van der Waals surface area contributed by atoms with Crippen molar-refractivity contribution in [3.05, 3.63) is 71.3 Å². The topological polar surface area (TPSA) is 23.4 Å². The van der Waals surface area contributed by atoms with Crippen LogP contribution in [-0.4, -0.2) is 18.5 Å². The van der Waals surface area contributed by atoms with E-state index in [0.717, 1.165) is 11.4 Å². The number of methoxy groups -OCH3 is 1. The Kier molecular flexibility index (Phi) is 5.58. The van der Waals surface area contributed by atoms with Crippen LogP contribution in [0.4, 0.5) is 0 Å². The van der Waals surface area contributed by atoms with Gasteiger partial charge in [-0.25, -0.2) is 0 Å². The highest BCUT2D eigenvalue weighted by Gasteiger charge is 2.21. The van der Waals surface area contributed by atoms with Gasteiger partial charge in [0.25, 0.3) is 0 Å². The molecule has 3 nitrogen and oxygen atoms in total. The summed E-state index contributed by atoms with van der Waals surface area (Å²) in [7, 11) is 1.65. The summed E-state index contributed by atoms with van der Waals surface area (Å²) in [5.74, 6) is 0.816. The summed E-state index contributed by atoms with van der Waals surface area (Å²) in [6.07, 6.45) is 0. The molecule has 0 atom stereocenters. The Balaban J connectivity index is 2.10. The first-order valence-electron chi connectivity index (χ1n) is 11.3. The molecular weight excluding hydrogens is 394 g/mol. The molecule has 0 unspecified atom stereocenters. The Hall–Kier alpha value is -2.78. The molecule has 1 heterocycles. The van der Waals surface area contributed by atoms with Gasteiger partial charge in [-0.2, -0.15) is 0 Å². The van der Waals surface area contributed by atoms with Crippen LogP contribution in [0.1, 0.15) is 58.2 Å². The van der Waals surface area contributed by atoms with E-state index in [0.29, 0.717) is 0 Å². The molecule has 1 aromatic heterocycles. The van der Waals surface area contributed by atoms with Crippen molar-refractivity contribution in [1.29, 1.82) is 0 Å². The second kappa shape index (κ2) is 7.97. The molecule has 0 aliphatic heterocycles. The second-order valence-electron chi connectivity index (χ2n) is 10.8. The smallest absolute Gasteiger partial charge is 0.188 e. The maximum absolute atomic E-state index is 5.98. The van der Waals surface area contributed by atoms with Gasteiger partial charge in [0, 0.05) is 17.9 Å². The lowest BCUT2D eigenvalue weighted by atomic mass is 9.85. The van der Waals surface area contributed by atoms with Crippen LogP contribution in [0, 0.1) is 6.92 Å². The maximum Gasteiger partial charge on any atom is 0.188 e. The molecule has 0 saturated carbocycles. The average Bonchev–Trinajstić information content (AvgIpc) is 3.04. The van der Waals surface area contributed by atoms with Crippen LogP contribution in [0.2, 0.25) is 0 Å². The van der Waals surface area contributed by atoms with Crippen LogP contribution < -0.4 is 4.74 Å². The zero-order valence-electron chi connectivity index (χ0n) is 20.7. The molecule has 0 fully saturated rings. The minimum Gasteiger partial charge on any atom is -0.465 e. The molecule has 0 radical (unpaired) electrons. The number of benzene rings is 3. The van der Waals surface area contributed by atoms with Crippen LogP contribution in [0.3, 0.4) is 0 Å². The second-order valence-corrected chi connectivity index (χ2v) is 10.8.